The maximum Gasteiger partial charge on any atom is 0.306 e. The van der Waals surface area contributed by atoms with Crippen molar-refractivity contribution in [1.82, 2.24) is 0 Å². The minimum Gasteiger partial charge on any atom is -0.462 e. The highest BCUT2D eigenvalue weighted by molar-refractivity contribution is 5.69. The highest BCUT2D eigenvalue weighted by atomic mass is 16.5. The summed E-state index contributed by atoms with van der Waals surface area (Å²) in [6.45, 7) is 14.8. The van der Waals surface area contributed by atoms with Gasteiger partial charge in [-0.3, -0.25) is 4.79 Å². The number of hydrogen-bond acceptors (Lipinski definition) is 2. The Balaban J connectivity index is 1.19. The van der Waals surface area contributed by atoms with Crippen molar-refractivity contribution in [2.75, 3.05) is 0 Å². The lowest BCUT2D eigenvalue weighted by molar-refractivity contribution is -0.151. The van der Waals surface area contributed by atoms with E-state index in [9.17, 15) is 4.79 Å². The number of hydrogen-bond donors (Lipinski definition) is 0. The molecule has 226 valence electrons. The quantitative estimate of drug-likeness (QED) is 0.211. The van der Waals surface area contributed by atoms with Gasteiger partial charge in [-0.25, -0.2) is 0 Å². The SMILES string of the molecule is CC[C@H](C=C[C@@H](C)[C@H]1CC[C@H]2[C@@H]3CC=C4C[C@@H](OC(=O)CCCc5ccccc5)CC[C@]4(C)[C@H]3CC[C@]12C)C(C)C. The van der Waals surface area contributed by atoms with E-state index in [0.29, 0.717) is 29.1 Å². The topological polar surface area (TPSA) is 26.3 Å². The summed E-state index contributed by atoms with van der Waals surface area (Å²) in [5.41, 5.74) is 3.70. The van der Waals surface area contributed by atoms with Crippen molar-refractivity contribution in [1.29, 1.82) is 0 Å². The normalized spacial score (nSPS) is 36.3. The van der Waals surface area contributed by atoms with Gasteiger partial charge in [-0.05, 0) is 122 Å². The second-order valence-electron chi connectivity index (χ2n) is 15.2. The Bertz CT molecular complexity index is 1080. The van der Waals surface area contributed by atoms with Gasteiger partial charge in [0.1, 0.15) is 6.10 Å². The van der Waals surface area contributed by atoms with Gasteiger partial charge in [0, 0.05) is 12.8 Å². The lowest BCUT2D eigenvalue weighted by Gasteiger charge is -2.58. The van der Waals surface area contributed by atoms with Crippen molar-refractivity contribution in [3.63, 3.8) is 0 Å². The molecule has 0 aromatic heterocycles. The maximum absolute atomic E-state index is 12.7. The number of rotatable bonds is 10. The van der Waals surface area contributed by atoms with Crippen LogP contribution in [0.4, 0.5) is 0 Å². The molecule has 9 atom stereocenters. The molecule has 5 rings (SSSR count). The summed E-state index contributed by atoms with van der Waals surface area (Å²) in [5.74, 6) is 5.44. The molecule has 0 saturated heterocycles. The largest absolute Gasteiger partial charge is 0.462 e. The second-order valence-corrected chi connectivity index (χ2v) is 15.2. The van der Waals surface area contributed by atoms with Crippen LogP contribution in [0.15, 0.2) is 54.1 Å². The minimum atomic E-state index is -0.00364. The fourth-order valence-corrected chi connectivity index (χ4v) is 10.2. The average Bonchev–Trinajstić information content (AvgIpc) is 3.31. The minimum absolute atomic E-state index is 0.00364. The molecule has 0 aliphatic heterocycles. The third kappa shape index (κ3) is 6.28. The van der Waals surface area contributed by atoms with E-state index in [-0.39, 0.29) is 12.1 Å². The van der Waals surface area contributed by atoms with E-state index in [1.807, 2.05) is 6.07 Å². The van der Waals surface area contributed by atoms with E-state index in [1.54, 1.807) is 5.57 Å². The van der Waals surface area contributed by atoms with E-state index in [0.717, 1.165) is 55.3 Å². The van der Waals surface area contributed by atoms with Crippen molar-refractivity contribution >= 4 is 5.97 Å². The van der Waals surface area contributed by atoms with Crippen LogP contribution in [0.2, 0.25) is 0 Å². The fourth-order valence-electron chi connectivity index (χ4n) is 10.2. The molecule has 0 heterocycles. The zero-order valence-electron chi connectivity index (χ0n) is 27.0. The monoisotopic (exact) mass is 558 g/mol. The Labute approximate surface area is 251 Å². The Morgan fingerprint density at radius 1 is 1.00 bits per heavy atom. The number of aryl methyl sites for hydroxylation is 1. The summed E-state index contributed by atoms with van der Waals surface area (Å²) >= 11 is 0. The predicted octanol–water partition coefficient (Wildman–Crippen LogP) is 10.4. The van der Waals surface area contributed by atoms with Gasteiger partial charge < -0.3 is 4.74 Å². The number of carbonyl (C=O) groups is 1. The fraction of sp³-hybridized carbons (Fsp3) is 0.718. The van der Waals surface area contributed by atoms with E-state index in [2.05, 4.69) is 84.0 Å². The molecule has 0 amide bonds. The van der Waals surface area contributed by atoms with E-state index >= 15 is 0 Å². The first-order chi connectivity index (χ1) is 19.7. The number of esters is 1. The Kier molecular flexibility index (Phi) is 9.57. The van der Waals surface area contributed by atoms with Crippen LogP contribution in [-0.2, 0) is 16.0 Å². The first kappa shape index (κ1) is 30.6. The number of allylic oxidation sites excluding steroid dienone is 3. The van der Waals surface area contributed by atoms with Crippen LogP contribution in [0.5, 0.6) is 0 Å². The zero-order chi connectivity index (χ0) is 29.2. The van der Waals surface area contributed by atoms with Gasteiger partial charge in [0.15, 0.2) is 0 Å². The van der Waals surface area contributed by atoms with Crippen molar-refractivity contribution in [2.45, 2.75) is 125 Å². The zero-order valence-corrected chi connectivity index (χ0v) is 27.0. The summed E-state index contributed by atoms with van der Waals surface area (Å²) in [5, 5.41) is 0. The lowest BCUT2D eigenvalue weighted by Crippen LogP contribution is -2.51. The van der Waals surface area contributed by atoms with Gasteiger partial charge in [-0.15, -0.1) is 0 Å². The van der Waals surface area contributed by atoms with Gasteiger partial charge in [0.05, 0.1) is 0 Å². The van der Waals surface area contributed by atoms with E-state index in [1.165, 1.54) is 50.5 Å². The molecule has 0 unspecified atom stereocenters. The highest BCUT2D eigenvalue weighted by Crippen LogP contribution is 2.67. The van der Waals surface area contributed by atoms with Crippen molar-refractivity contribution in [3.8, 4) is 0 Å². The van der Waals surface area contributed by atoms with Crippen LogP contribution < -0.4 is 0 Å². The van der Waals surface area contributed by atoms with Gasteiger partial charge in [0.2, 0.25) is 0 Å². The molecule has 4 aliphatic rings. The number of ether oxygens (including phenoxy) is 1. The first-order valence-corrected chi connectivity index (χ1v) is 17.3. The molecule has 3 fully saturated rings. The molecule has 2 heteroatoms. The Morgan fingerprint density at radius 3 is 2.51 bits per heavy atom. The lowest BCUT2D eigenvalue weighted by atomic mass is 9.47. The van der Waals surface area contributed by atoms with Gasteiger partial charge >= 0.3 is 5.97 Å². The molecule has 3 saturated carbocycles. The average molecular weight is 559 g/mol. The second kappa shape index (κ2) is 12.8. The number of fused-ring (bicyclic) bond motifs is 5. The standard InChI is InChI=1S/C39H58O2/c1-7-30(27(2)3)17-16-28(4)34-20-21-35-33-19-18-31-26-32(22-24-38(31,5)36(33)23-25-39(34,35)6)41-37(40)15-11-14-29-12-9-8-10-13-29/h8-10,12-13,16-18,27-28,30,32-36H,7,11,14-15,19-26H2,1-6H3/t28-,30-,32+,33+,34-,35+,36+,38+,39-/m1/s1. The van der Waals surface area contributed by atoms with E-state index in [4.69, 9.17) is 4.74 Å². The highest BCUT2D eigenvalue weighted by Gasteiger charge is 2.59. The molecule has 4 aliphatic carbocycles. The maximum atomic E-state index is 12.7. The summed E-state index contributed by atoms with van der Waals surface area (Å²) in [6, 6.07) is 10.5. The van der Waals surface area contributed by atoms with Crippen LogP contribution >= 0.6 is 0 Å². The number of carbonyl (C=O) groups excluding carboxylic acids is 1. The Hall–Kier alpha value is -1.83. The van der Waals surface area contributed by atoms with Crippen LogP contribution in [0.1, 0.15) is 118 Å². The molecule has 41 heavy (non-hydrogen) atoms. The number of benzene rings is 1. The van der Waals surface area contributed by atoms with Gasteiger partial charge in [0.25, 0.3) is 0 Å². The summed E-state index contributed by atoms with van der Waals surface area (Å²) in [4.78, 5) is 12.7. The van der Waals surface area contributed by atoms with Crippen LogP contribution in [-0.4, -0.2) is 12.1 Å². The third-order valence-corrected chi connectivity index (χ3v) is 12.7. The molecule has 0 bridgehead atoms. The van der Waals surface area contributed by atoms with Crippen LogP contribution in [0.3, 0.4) is 0 Å². The van der Waals surface area contributed by atoms with Crippen molar-refractivity contribution in [2.24, 2.45) is 52.3 Å². The molecule has 0 radical (unpaired) electrons. The van der Waals surface area contributed by atoms with Gasteiger partial charge in [-0.1, -0.05) is 95.7 Å². The molecule has 1 aromatic carbocycles. The van der Waals surface area contributed by atoms with Crippen molar-refractivity contribution < 1.29 is 9.53 Å². The van der Waals surface area contributed by atoms with Crippen LogP contribution in [0, 0.1) is 52.3 Å². The summed E-state index contributed by atoms with van der Waals surface area (Å²) in [6.07, 6.45) is 21.5. The predicted molar refractivity (Wildman–Crippen MR) is 171 cm³/mol. The van der Waals surface area contributed by atoms with Crippen LogP contribution in [0.25, 0.3) is 0 Å². The van der Waals surface area contributed by atoms with E-state index < -0.39 is 0 Å². The smallest absolute Gasteiger partial charge is 0.306 e. The first-order valence-electron chi connectivity index (χ1n) is 17.3. The summed E-state index contributed by atoms with van der Waals surface area (Å²) < 4.78 is 6.06. The molecule has 0 spiro atoms. The molecule has 0 N–H and O–H groups in total. The summed E-state index contributed by atoms with van der Waals surface area (Å²) in [7, 11) is 0. The molecular formula is C39H58O2. The molecule has 1 aromatic rings. The third-order valence-electron chi connectivity index (χ3n) is 12.7. The van der Waals surface area contributed by atoms with Crippen molar-refractivity contribution in [3.05, 3.63) is 59.7 Å². The molecule has 2 nitrogen and oxygen atoms in total. The van der Waals surface area contributed by atoms with Gasteiger partial charge in [-0.2, -0.15) is 0 Å². The molecular weight excluding hydrogens is 500 g/mol. The Morgan fingerprint density at radius 2 is 1.78 bits per heavy atom.